The van der Waals surface area contributed by atoms with Crippen LogP contribution in [-0.2, 0) is 0 Å². The van der Waals surface area contributed by atoms with Crippen LogP contribution in [-0.4, -0.2) is 0 Å². The fourth-order valence-corrected chi connectivity index (χ4v) is 4.10. The minimum absolute atomic E-state index is 0.941. The fourth-order valence-electron chi connectivity index (χ4n) is 4.10. The van der Waals surface area contributed by atoms with E-state index in [1.165, 1.54) is 135 Å². The first-order valence-corrected chi connectivity index (χ1v) is 13.9. The van der Waals surface area contributed by atoms with Crippen LogP contribution in [0.3, 0.4) is 0 Å². The Morgan fingerprint density at radius 1 is 0.414 bits per heavy atom. The standard InChI is InChI=1S/C29H58/c1-5-28(3)26-24-22-20-18-16-14-12-10-8-7-9-11-13-15-17-19-21-23-25-27-29(4)6-2/h7-8,28-29H,5-6,9-27H2,1-4H3/b8-7-. The summed E-state index contributed by atoms with van der Waals surface area (Å²) in [6.45, 7) is 9.42. The summed E-state index contributed by atoms with van der Waals surface area (Å²) in [6.07, 6.45) is 34.9. The van der Waals surface area contributed by atoms with Gasteiger partial charge < -0.3 is 0 Å². The Morgan fingerprint density at radius 3 is 1.00 bits per heavy atom. The maximum absolute atomic E-state index is 2.45. The minimum atomic E-state index is 0.941. The molecule has 0 N–H and O–H groups in total. The molecule has 0 aromatic rings. The number of unbranched alkanes of at least 4 members (excludes halogenated alkanes) is 15. The molecule has 2 unspecified atom stereocenters. The van der Waals surface area contributed by atoms with Gasteiger partial charge in [0.1, 0.15) is 0 Å². The lowest BCUT2D eigenvalue weighted by Gasteiger charge is -2.07. The molecule has 0 heteroatoms. The zero-order chi connectivity index (χ0) is 21.4. The van der Waals surface area contributed by atoms with E-state index >= 15 is 0 Å². The first-order valence-electron chi connectivity index (χ1n) is 13.9. The third-order valence-electron chi connectivity index (χ3n) is 6.95. The van der Waals surface area contributed by atoms with Gasteiger partial charge in [-0.05, 0) is 37.5 Å². The van der Waals surface area contributed by atoms with E-state index in [-0.39, 0.29) is 0 Å². The van der Waals surface area contributed by atoms with Crippen molar-refractivity contribution in [2.45, 2.75) is 163 Å². The van der Waals surface area contributed by atoms with Crippen molar-refractivity contribution in [2.24, 2.45) is 11.8 Å². The molecule has 29 heavy (non-hydrogen) atoms. The van der Waals surface area contributed by atoms with Crippen molar-refractivity contribution in [2.75, 3.05) is 0 Å². The minimum Gasteiger partial charge on any atom is -0.0885 e. The van der Waals surface area contributed by atoms with Gasteiger partial charge in [0.25, 0.3) is 0 Å². The highest BCUT2D eigenvalue weighted by molar-refractivity contribution is 4.81. The second-order valence-electron chi connectivity index (χ2n) is 9.96. The summed E-state index contributed by atoms with van der Waals surface area (Å²) in [5, 5.41) is 0. The second kappa shape index (κ2) is 24.0. The van der Waals surface area contributed by atoms with Crippen LogP contribution >= 0.6 is 0 Å². The number of allylic oxidation sites excluding steroid dienone is 2. The number of rotatable bonds is 23. The lowest BCUT2D eigenvalue weighted by atomic mass is 9.99. The van der Waals surface area contributed by atoms with Crippen molar-refractivity contribution < 1.29 is 0 Å². The molecule has 0 aliphatic carbocycles. The molecular weight excluding hydrogens is 348 g/mol. The molecule has 0 saturated heterocycles. The van der Waals surface area contributed by atoms with Gasteiger partial charge in [-0.1, -0.05) is 149 Å². The van der Waals surface area contributed by atoms with Gasteiger partial charge in [0.2, 0.25) is 0 Å². The smallest absolute Gasteiger partial charge is 0.0351 e. The lowest BCUT2D eigenvalue weighted by Crippen LogP contribution is -1.91. The average molecular weight is 407 g/mol. The van der Waals surface area contributed by atoms with Gasteiger partial charge in [0, 0.05) is 0 Å². The molecule has 0 aliphatic heterocycles. The molecule has 0 bridgehead atoms. The van der Waals surface area contributed by atoms with Crippen molar-refractivity contribution >= 4 is 0 Å². The summed E-state index contributed by atoms with van der Waals surface area (Å²) in [6, 6.07) is 0. The summed E-state index contributed by atoms with van der Waals surface area (Å²) in [5.74, 6) is 1.88. The first-order chi connectivity index (χ1) is 14.2. The Morgan fingerprint density at radius 2 is 0.690 bits per heavy atom. The molecule has 0 nitrogen and oxygen atoms in total. The molecule has 0 amide bonds. The van der Waals surface area contributed by atoms with E-state index in [4.69, 9.17) is 0 Å². The van der Waals surface area contributed by atoms with Gasteiger partial charge in [-0.2, -0.15) is 0 Å². The summed E-state index contributed by atoms with van der Waals surface area (Å²) in [4.78, 5) is 0. The largest absolute Gasteiger partial charge is 0.0885 e. The van der Waals surface area contributed by atoms with Gasteiger partial charge in [-0.3, -0.25) is 0 Å². The molecular formula is C29H58. The summed E-state index contributed by atoms with van der Waals surface area (Å²) >= 11 is 0. The van der Waals surface area contributed by atoms with Gasteiger partial charge in [0.05, 0.1) is 0 Å². The van der Waals surface area contributed by atoms with E-state index in [0.717, 1.165) is 11.8 Å². The van der Waals surface area contributed by atoms with E-state index in [1.54, 1.807) is 0 Å². The Labute approximate surface area is 186 Å². The van der Waals surface area contributed by atoms with E-state index in [2.05, 4.69) is 39.8 Å². The molecule has 0 aliphatic rings. The Bertz CT molecular complexity index is 316. The van der Waals surface area contributed by atoms with Crippen LogP contribution in [0.4, 0.5) is 0 Å². The molecule has 2 atom stereocenters. The van der Waals surface area contributed by atoms with Crippen LogP contribution in [0.1, 0.15) is 163 Å². The topological polar surface area (TPSA) is 0 Å². The van der Waals surface area contributed by atoms with Crippen molar-refractivity contribution in [3.8, 4) is 0 Å². The second-order valence-corrected chi connectivity index (χ2v) is 9.96. The molecule has 0 heterocycles. The van der Waals surface area contributed by atoms with Crippen LogP contribution in [0, 0.1) is 11.8 Å². The molecule has 0 rings (SSSR count). The van der Waals surface area contributed by atoms with Crippen LogP contribution in [0.2, 0.25) is 0 Å². The van der Waals surface area contributed by atoms with E-state index in [1.807, 2.05) is 0 Å². The first kappa shape index (κ1) is 28.7. The normalized spacial score (nSPS) is 13.9. The molecule has 0 aromatic carbocycles. The van der Waals surface area contributed by atoms with E-state index < -0.39 is 0 Å². The van der Waals surface area contributed by atoms with Crippen molar-refractivity contribution in [1.82, 2.24) is 0 Å². The van der Waals surface area contributed by atoms with Crippen LogP contribution in [0.5, 0.6) is 0 Å². The summed E-state index contributed by atoms with van der Waals surface area (Å²) < 4.78 is 0. The fraction of sp³-hybridized carbons (Fsp3) is 0.931. The van der Waals surface area contributed by atoms with Crippen molar-refractivity contribution in [1.29, 1.82) is 0 Å². The zero-order valence-electron chi connectivity index (χ0n) is 21.2. The highest BCUT2D eigenvalue weighted by atomic mass is 14.1. The molecule has 0 fully saturated rings. The molecule has 0 radical (unpaired) electrons. The maximum atomic E-state index is 2.45. The van der Waals surface area contributed by atoms with Gasteiger partial charge >= 0.3 is 0 Å². The Hall–Kier alpha value is -0.260. The molecule has 0 spiro atoms. The Balaban J connectivity index is 3.12. The lowest BCUT2D eigenvalue weighted by molar-refractivity contribution is 0.469. The molecule has 0 aromatic heterocycles. The quantitative estimate of drug-likeness (QED) is 0.117. The van der Waals surface area contributed by atoms with Gasteiger partial charge in [-0.15, -0.1) is 0 Å². The molecule has 174 valence electrons. The maximum Gasteiger partial charge on any atom is -0.0351 e. The highest BCUT2D eigenvalue weighted by Crippen LogP contribution is 2.16. The zero-order valence-corrected chi connectivity index (χ0v) is 21.2. The van der Waals surface area contributed by atoms with Crippen molar-refractivity contribution in [3.05, 3.63) is 12.2 Å². The van der Waals surface area contributed by atoms with E-state index in [9.17, 15) is 0 Å². The highest BCUT2D eigenvalue weighted by Gasteiger charge is 1.99. The van der Waals surface area contributed by atoms with Crippen LogP contribution in [0.25, 0.3) is 0 Å². The summed E-state index contributed by atoms with van der Waals surface area (Å²) in [5.41, 5.74) is 0. The average Bonchev–Trinajstić information content (AvgIpc) is 2.74. The monoisotopic (exact) mass is 406 g/mol. The van der Waals surface area contributed by atoms with E-state index in [0.29, 0.717) is 0 Å². The summed E-state index contributed by atoms with van der Waals surface area (Å²) in [7, 11) is 0. The van der Waals surface area contributed by atoms with Crippen LogP contribution < -0.4 is 0 Å². The number of hydrogen-bond donors (Lipinski definition) is 0. The predicted molar refractivity (Wildman–Crippen MR) is 136 cm³/mol. The predicted octanol–water partition coefficient (Wildman–Crippen LogP) is 11.0. The van der Waals surface area contributed by atoms with Crippen LogP contribution in [0.15, 0.2) is 12.2 Å². The molecule has 0 saturated carbocycles. The SMILES string of the molecule is CCC(C)CCCCCCCCC/C=C\CCCCCCCCCCC(C)CC. The number of hydrogen-bond acceptors (Lipinski definition) is 0. The van der Waals surface area contributed by atoms with Crippen molar-refractivity contribution in [3.63, 3.8) is 0 Å². The third kappa shape index (κ3) is 23.9. The Kier molecular flexibility index (Phi) is 23.8. The third-order valence-corrected chi connectivity index (χ3v) is 6.95. The van der Waals surface area contributed by atoms with Gasteiger partial charge in [0.15, 0.2) is 0 Å². The van der Waals surface area contributed by atoms with Gasteiger partial charge in [-0.25, -0.2) is 0 Å².